The van der Waals surface area contributed by atoms with Crippen molar-refractivity contribution in [2.24, 2.45) is 0 Å². The second-order valence-electron chi connectivity index (χ2n) is 5.89. The van der Waals surface area contributed by atoms with E-state index < -0.39 is 0 Å². The van der Waals surface area contributed by atoms with E-state index >= 15 is 0 Å². The number of carbonyl (C=O) groups excluding carboxylic acids is 2. The van der Waals surface area contributed by atoms with Gasteiger partial charge < -0.3 is 14.7 Å². The third-order valence-corrected chi connectivity index (χ3v) is 4.62. The van der Waals surface area contributed by atoms with Gasteiger partial charge in [-0.15, -0.1) is 11.8 Å². The number of anilines is 1. The summed E-state index contributed by atoms with van der Waals surface area (Å²) in [6.45, 7) is 7.61. The second kappa shape index (κ2) is 7.17. The highest BCUT2D eigenvalue weighted by molar-refractivity contribution is 8.01. The topological polar surface area (TPSA) is 75.4 Å². The minimum Gasteiger partial charge on any atom is -0.360 e. The van der Waals surface area contributed by atoms with E-state index in [1.807, 2.05) is 18.7 Å². The van der Waals surface area contributed by atoms with E-state index in [-0.39, 0.29) is 23.1 Å². The van der Waals surface area contributed by atoms with Gasteiger partial charge in [-0.2, -0.15) is 0 Å². The molecule has 1 unspecified atom stereocenters. The Morgan fingerprint density at radius 1 is 1.45 bits per heavy atom. The first-order chi connectivity index (χ1) is 10.4. The fourth-order valence-electron chi connectivity index (χ4n) is 2.27. The maximum absolute atomic E-state index is 12.3. The molecule has 1 saturated carbocycles. The number of hydrogen-bond acceptors (Lipinski definition) is 5. The van der Waals surface area contributed by atoms with Crippen LogP contribution in [0.1, 0.15) is 39.4 Å². The largest absolute Gasteiger partial charge is 0.360 e. The van der Waals surface area contributed by atoms with Crippen LogP contribution in [0.15, 0.2) is 10.6 Å². The minimum atomic E-state index is -0.325. The van der Waals surface area contributed by atoms with Crippen LogP contribution < -0.4 is 5.32 Å². The summed E-state index contributed by atoms with van der Waals surface area (Å²) in [5.41, 5.74) is 0. The summed E-state index contributed by atoms with van der Waals surface area (Å²) in [7, 11) is 0. The molecule has 2 amide bonds. The molecule has 1 fully saturated rings. The molecule has 1 aromatic heterocycles. The number of rotatable bonds is 7. The number of thioether (sulfide) groups is 1. The average Bonchev–Trinajstić information content (AvgIpc) is 3.18. The van der Waals surface area contributed by atoms with Crippen molar-refractivity contribution in [1.29, 1.82) is 0 Å². The first-order valence-electron chi connectivity index (χ1n) is 7.55. The van der Waals surface area contributed by atoms with Gasteiger partial charge in [0.05, 0.1) is 11.0 Å². The number of aromatic nitrogens is 1. The first kappa shape index (κ1) is 16.9. The van der Waals surface area contributed by atoms with Crippen LogP contribution in [-0.4, -0.2) is 45.0 Å². The summed E-state index contributed by atoms with van der Waals surface area (Å²) in [6, 6.07) is 2.27. The van der Waals surface area contributed by atoms with Crippen molar-refractivity contribution in [1.82, 2.24) is 10.1 Å². The highest BCUT2D eigenvalue weighted by Crippen LogP contribution is 2.29. The zero-order valence-electron chi connectivity index (χ0n) is 13.5. The van der Waals surface area contributed by atoms with Gasteiger partial charge in [0.1, 0.15) is 5.76 Å². The van der Waals surface area contributed by atoms with E-state index in [9.17, 15) is 9.59 Å². The molecule has 1 N–H and O–H groups in total. The lowest BCUT2D eigenvalue weighted by atomic mass is 10.3. The molecular weight excluding hydrogens is 302 g/mol. The smallest absolute Gasteiger partial charge is 0.238 e. The molecule has 1 aromatic rings. The van der Waals surface area contributed by atoms with Crippen molar-refractivity contribution < 1.29 is 14.1 Å². The standard InChI is InChI=1S/C15H23N3O3S/c1-9(2)18(12-5-6-12)14(19)8-22-11(4)15(20)16-13-7-10(3)21-17-13/h7,9,11-12H,5-6,8H2,1-4H3,(H,16,17,20). The Hall–Kier alpha value is -1.50. The van der Waals surface area contributed by atoms with Crippen LogP contribution in [-0.2, 0) is 9.59 Å². The number of nitrogens with one attached hydrogen (secondary N) is 1. The van der Waals surface area contributed by atoms with Gasteiger partial charge in [0, 0.05) is 18.2 Å². The van der Waals surface area contributed by atoms with E-state index in [0.29, 0.717) is 23.4 Å². The Labute approximate surface area is 135 Å². The van der Waals surface area contributed by atoms with E-state index in [4.69, 9.17) is 4.52 Å². The van der Waals surface area contributed by atoms with Crippen molar-refractivity contribution in [2.45, 2.75) is 57.9 Å². The zero-order valence-corrected chi connectivity index (χ0v) is 14.3. The summed E-state index contributed by atoms with van der Waals surface area (Å²) in [5.74, 6) is 1.31. The average molecular weight is 325 g/mol. The highest BCUT2D eigenvalue weighted by Gasteiger charge is 2.34. The van der Waals surface area contributed by atoms with Gasteiger partial charge in [0.2, 0.25) is 11.8 Å². The minimum absolute atomic E-state index is 0.111. The third-order valence-electron chi connectivity index (χ3n) is 3.49. The lowest BCUT2D eigenvalue weighted by Gasteiger charge is -2.27. The molecule has 7 heteroatoms. The van der Waals surface area contributed by atoms with E-state index in [2.05, 4.69) is 10.5 Å². The number of nitrogens with zero attached hydrogens (tertiary/aromatic N) is 2. The highest BCUT2D eigenvalue weighted by atomic mass is 32.2. The van der Waals surface area contributed by atoms with Crippen molar-refractivity contribution in [2.75, 3.05) is 11.1 Å². The van der Waals surface area contributed by atoms with Crippen LogP contribution in [0, 0.1) is 6.92 Å². The molecule has 0 bridgehead atoms. The van der Waals surface area contributed by atoms with Gasteiger partial charge in [0.25, 0.3) is 0 Å². The van der Waals surface area contributed by atoms with Crippen LogP contribution in [0.4, 0.5) is 5.82 Å². The quantitative estimate of drug-likeness (QED) is 0.833. The molecule has 0 aliphatic heterocycles. The summed E-state index contributed by atoms with van der Waals surface area (Å²) in [5, 5.41) is 6.08. The van der Waals surface area contributed by atoms with Gasteiger partial charge in [-0.3, -0.25) is 9.59 Å². The summed E-state index contributed by atoms with van der Waals surface area (Å²) in [4.78, 5) is 26.3. The fraction of sp³-hybridized carbons (Fsp3) is 0.667. The van der Waals surface area contributed by atoms with Crippen molar-refractivity contribution >= 4 is 29.4 Å². The van der Waals surface area contributed by atoms with Crippen LogP contribution in [0.25, 0.3) is 0 Å². The van der Waals surface area contributed by atoms with Crippen molar-refractivity contribution in [3.05, 3.63) is 11.8 Å². The second-order valence-corrected chi connectivity index (χ2v) is 7.22. The maximum Gasteiger partial charge on any atom is 0.238 e. The molecule has 1 aliphatic carbocycles. The summed E-state index contributed by atoms with van der Waals surface area (Å²) < 4.78 is 4.90. The number of carbonyl (C=O) groups is 2. The van der Waals surface area contributed by atoms with Crippen LogP contribution >= 0.6 is 11.8 Å². The molecule has 0 aromatic carbocycles. The molecule has 22 heavy (non-hydrogen) atoms. The van der Waals surface area contributed by atoms with E-state index in [1.165, 1.54) is 11.8 Å². The molecule has 1 atom stereocenters. The molecular formula is C15H23N3O3S. The van der Waals surface area contributed by atoms with E-state index in [1.54, 1.807) is 19.9 Å². The van der Waals surface area contributed by atoms with Crippen molar-refractivity contribution in [3.63, 3.8) is 0 Å². The SMILES string of the molecule is Cc1cc(NC(=O)C(C)SCC(=O)N(C(C)C)C2CC2)no1. The van der Waals surface area contributed by atoms with Gasteiger partial charge in [0.15, 0.2) is 5.82 Å². The third kappa shape index (κ3) is 4.50. The molecule has 1 heterocycles. The number of amides is 2. The molecule has 0 spiro atoms. The number of hydrogen-bond donors (Lipinski definition) is 1. The first-order valence-corrected chi connectivity index (χ1v) is 8.60. The van der Waals surface area contributed by atoms with Crippen molar-refractivity contribution in [3.8, 4) is 0 Å². The predicted molar refractivity (Wildman–Crippen MR) is 86.8 cm³/mol. The molecule has 122 valence electrons. The molecule has 2 rings (SSSR count). The normalized spacial score (nSPS) is 15.7. The molecule has 1 aliphatic rings. The molecule has 0 saturated heterocycles. The van der Waals surface area contributed by atoms with Gasteiger partial charge in [-0.25, -0.2) is 0 Å². The Kier molecular flexibility index (Phi) is 5.50. The zero-order chi connectivity index (χ0) is 16.3. The van der Waals surface area contributed by atoms with Gasteiger partial charge in [-0.05, 0) is 40.5 Å². The Balaban J connectivity index is 1.79. The van der Waals surface area contributed by atoms with Crippen LogP contribution in [0.2, 0.25) is 0 Å². The Bertz CT molecular complexity index is 538. The van der Waals surface area contributed by atoms with Gasteiger partial charge >= 0.3 is 0 Å². The van der Waals surface area contributed by atoms with Gasteiger partial charge in [-0.1, -0.05) is 5.16 Å². The lowest BCUT2D eigenvalue weighted by molar-refractivity contribution is -0.130. The summed E-state index contributed by atoms with van der Waals surface area (Å²) >= 11 is 1.35. The summed E-state index contributed by atoms with van der Waals surface area (Å²) in [6.07, 6.45) is 2.19. The van der Waals surface area contributed by atoms with Crippen LogP contribution in [0.5, 0.6) is 0 Å². The maximum atomic E-state index is 12.3. The fourth-order valence-corrected chi connectivity index (χ4v) is 3.02. The predicted octanol–water partition coefficient (Wildman–Crippen LogP) is 2.44. The van der Waals surface area contributed by atoms with Crippen LogP contribution in [0.3, 0.4) is 0 Å². The lowest BCUT2D eigenvalue weighted by Crippen LogP contribution is -2.40. The monoisotopic (exact) mass is 325 g/mol. The number of aryl methyl sites for hydroxylation is 1. The molecule has 0 radical (unpaired) electrons. The Morgan fingerprint density at radius 2 is 2.14 bits per heavy atom. The van der Waals surface area contributed by atoms with E-state index in [0.717, 1.165) is 12.8 Å². The Morgan fingerprint density at radius 3 is 2.64 bits per heavy atom. The molecule has 6 nitrogen and oxygen atoms in total.